The maximum absolute atomic E-state index is 13.5. The Labute approximate surface area is 350 Å². The predicted octanol–water partition coefficient (Wildman–Crippen LogP) is 4.50. The van der Waals surface area contributed by atoms with Crippen molar-refractivity contribution in [3.63, 3.8) is 0 Å². The van der Waals surface area contributed by atoms with Crippen LogP contribution in [-0.2, 0) is 14.4 Å². The molecule has 6 heterocycles. The van der Waals surface area contributed by atoms with E-state index in [0.717, 1.165) is 85.3 Å². The summed E-state index contributed by atoms with van der Waals surface area (Å²) in [6, 6.07) is 12.0. The van der Waals surface area contributed by atoms with E-state index in [4.69, 9.17) is 16.6 Å². The summed E-state index contributed by atoms with van der Waals surface area (Å²) in [5.41, 5.74) is 4.32. The number of halogens is 1. The molecular weight excluding hydrogens is 790 g/mol. The number of aryl methyl sites for hydroxylation is 2. The largest absolute Gasteiger partial charge is 0.384 e. The van der Waals surface area contributed by atoms with E-state index in [9.17, 15) is 19.2 Å². The number of aromatic nitrogens is 5. The highest BCUT2D eigenvalue weighted by Gasteiger charge is 2.33. The number of piperidine rings is 1. The Morgan fingerprint density at radius 2 is 1.68 bits per heavy atom. The van der Waals surface area contributed by atoms with E-state index in [2.05, 4.69) is 59.5 Å². The fourth-order valence-corrected chi connectivity index (χ4v) is 9.51. The Morgan fingerprint density at radius 3 is 2.41 bits per heavy atom. The minimum Gasteiger partial charge on any atom is -0.384 e. The number of fused-ring (bicyclic) bond motifs is 4. The molecule has 15 nitrogen and oxygen atoms in total. The first-order valence-electron chi connectivity index (χ1n) is 20.2. The zero-order valence-corrected chi connectivity index (χ0v) is 35.0. The van der Waals surface area contributed by atoms with Crippen molar-refractivity contribution in [2.24, 2.45) is 4.99 Å². The highest BCUT2D eigenvalue weighted by Crippen LogP contribution is 2.39. The van der Waals surface area contributed by atoms with Gasteiger partial charge in [0.05, 0.1) is 23.7 Å². The minimum atomic E-state index is -0.809. The lowest BCUT2D eigenvalue weighted by atomic mass is 9.99. The van der Waals surface area contributed by atoms with Crippen LogP contribution < -0.4 is 21.5 Å². The second-order valence-electron chi connectivity index (χ2n) is 15.4. The first kappa shape index (κ1) is 40.5. The van der Waals surface area contributed by atoms with E-state index < -0.39 is 18.0 Å². The summed E-state index contributed by atoms with van der Waals surface area (Å²) in [7, 11) is 0. The van der Waals surface area contributed by atoms with Crippen LogP contribution in [0.1, 0.15) is 77.4 Å². The number of nitrogens with zero attached hydrogens (tertiary/aromatic N) is 8. The van der Waals surface area contributed by atoms with Crippen LogP contribution in [0.15, 0.2) is 58.4 Å². The van der Waals surface area contributed by atoms with Crippen molar-refractivity contribution in [1.82, 2.24) is 45.0 Å². The molecule has 2 fully saturated rings. The summed E-state index contributed by atoms with van der Waals surface area (Å²) in [5.74, 6) is 0.522. The molecule has 3 aromatic heterocycles. The van der Waals surface area contributed by atoms with Crippen LogP contribution >= 0.6 is 22.9 Å². The van der Waals surface area contributed by atoms with Gasteiger partial charge in [0.15, 0.2) is 5.82 Å². The Balaban J connectivity index is 0.798. The second-order valence-corrected chi connectivity index (χ2v) is 17.0. The lowest BCUT2D eigenvalue weighted by Gasteiger charge is -2.34. The van der Waals surface area contributed by atoms with Gasteiger partial charge < -0.3 is 20.4 Å². The van der Waals surface area contributed by atoms with Gasteiger partial charge in [-0.2, -0.15) is 5.10 Å². The number of aliphatic imine (C=N–C) groups is 1. The number of carbonyl (C=O) groups excluding carboxylic acids is 3. The summed E-state index contributed by atoms with van der Waals surface area (Å²) in [6.45, 7) is 13.1. The first-order valence-corrected chi connectivity index (χ1v) is 21.4. The molecule has 2 saturated heterocycles. The molecule has 0 aliphatic carbocycles. The Kier molecular flexibility index (Phi) is 12.0. The third-order valence-electron chi connectivity index (χ3n) is 11.5. The van der Waals surface area contributed by atoms with Gasteiger partial charge in [-0.1, -0.05) is 35.9 Å². The highest BCUT2D eigenvalue weighted by atomic mass is 35.5. The molecule has 2 atom stereocenters. The van der Waals surface area contributed by atoms with Gasteiger partial charge in [0.2, 0.25) is 11.8 Å². The van der Waals surface area contributed by atoms with Crippen LogP contribution in [-0.4, -0.2) is 110 Å². The lowest BCUT2D eigenvalue weighted by Crippen LogP contribution is -2.47. The number of hydrogen-bond donors (Lipinski definition) is 3. The smallest absolute Gasteiger partial charge is 0.277 e. The van der Waals surface area contributed by atoms with Gasteiger partial charge in [-0.25, -0.2) is 4.68 Å². The van der Waals surface area contributed by atoms with Crippen LogP contribution in [0.25, 0.3) is 15.8 Å². The SMILES string of the molecule is Cc1sc2c(c1C)C(c1ccc(Cl)cc1)=N[C@@H](CC(=O)NCCCN1CCN(CCCNc3cccc4cnn(C5CCC(=O)NC5=O)c(=O)c34)CC1)c1nnc(C)n1-2. The number of nitrogens with one attached hydrogen (secondary N) is 3. The molecule has 308 valence electrons. The number of benzene rings is 2. The van der Waals surface area contributed by atoms with Crippen molar-refractivity contribution < 1.29 is 14.4 Å². The summed E-state index contributed by atoms with van der Waals surface area (Å²) >= 11 is 7.94. The normalized spacial score (nSPS) is 18.5. The molecule has 3 aliphatic rings. The standard InChI is InChI=1S/C42H48ClN11O4S/c1-25-26(2)59-42-36(25)38(28-9-11-30(43)12-10-28)47-32(39-50-49-27(3)53(39)42)23-35(56)45-16-6-18-52-21-19-51(20-22-52)17-5-15-44-31-8-4-7-29-24-46-54(41(58)37(29)31)33-13-14-34(55)48-40(33)57/h4,7-12,24,32-33,44H,5-6,13-23H2,1-3H3,(H,45,56)(H,48,55,57)/t32-,33?/m0/s1. The molecule has 3 aliphatic heterocycles. The first-order chi connectivity index (χ1) is 28.5. The van der Waals surface area contributed by atoms with E-state index in [1.165, 1.54) is 9.56 Å². The number of thiophene rings is 1. The topological polar surface area (TPSA) is 172 Å². The summed E-state index contributed by atoms with van der Waals surface area (Å²) in [6.07, 6.45) is 3.91. The van der Waals surface area contributed by atoms with Crippen molar-refractivity contribution in [3.05, 3.63) is 97.3 Å². The minimum absolute atomic E-state index is 0.0712. The van der Waals surface area contributed by atoms with Crippen molar-refractivity contribution in [3.8, 4) is 5.00 Å². The van der Waals surface area contributed by atoms with Crippen molar-refractivity contribution in [2.75, 3.05) is 57.7 Å². The number of amides is 3. The third-order valence-corrected chi connectivity index (χ3v) is 12.9. The van der Waals surface area contributed by atoms with Crippen LogP contribution in [0.4, 0.5) is 5.69 Å². The van der Waals surface area contributed by atoms with Crippen LogP contribution in [0.5, 0.6) is 0 Å². The number of anilines is 1. The van der Waals surface area contributed by atoms with Gasteiger partial charge in [0, 0.05) is 77.8 Å². The number of carbonyl (C=O) groups is 3. The van der Waals surface area contributed by atoms with E-state index in [0.29, 0.717) is 40.4 Å². The summed E-state index contributed by atoms with van der Waals surface area (Å²) < 4.78 is 3.26. The molecule has 8 rings (SSSR count). The number of hydrogen-bond acceptors (Lipinski definition) is 12. The van der Waals surface area contributed by atoms with E-state index >= 15 is 0 Å². The lowest BCUT2D eigenvalue weighted by molar-refractivity contribution is -0.136. The maximum Gasteiger partial charge on any atom is 0.277 e. The Hall–Kier alpha value is -5.29. The van der Waals surface area contributed by atoms with Crippen LogP contribution in [0, 0.1) is 20.8 Å². The number of piperazine rings is 1. The molecule has 59 heavy (non-hydrogen) atoms. The van der Waals surface area contributed by atoms with E-state index in [-0.39, 0.29) is 36.6 Å². The molecule has 0 radical (unpaired) electrons. The van der Waals surface area contributed by atoms with Crippen LogP contribution in [0.3, 0.4) is 0 Å². The molecule has 3 N–H and O–H groups in total. The molecule has 1 unspecified atom stereocenters. The van der Waals surface area contributed by atoms with Gasteiger partial charge >= 0.3 is 0 Å². The Bertz CT molecular complexity index is 2490. The second kappa shape index (κ2) is 17.5. The predicted molar refractivity (Wildman–Crippen MR) is 229 cm³/mol. The average Bonchev–Trinajstić information content (AvgIpc) is 3.70. The molecule has 0 bridgehead atoms. The van der Waals surface area contributed by atoms with Crippen molar-refractivity contribution >= 4 is 62.8 Å². The van der Waals surface area contributed by atoms with Gasteiger partial charge in [-0.15, -0.1) is 21.5 Å². The fourth-order valence-electron chi connectivity index (χ4n) is 8.17. The molecule has 0 saturated carbocycles. The van der Waals surface area contributed by atoms with Crippen LogP contribution in [0.2, 0.25) is 5.02 Å². The third kappa shape index (κ3) is 8.58. The highest BCUT2D eigenvalue weighted by molar-refractivity contribution is 7.15. The Morgan fingerprint density at radius 1 is 0.949 bits per heavy atom. The van der Waals surface area contributed by atoms with Gasteiger partial charge in [0.25, 0.3) is 11.5 Å². The zero-order chi connectivity index (χ0) is 41.2. The van der Waals surface area contributed by atoms with Crippen molar-refractivity contribution in [2.45, 2.75) is 65.0 Å². The maximum atomic E-state index is 13.5. The monoisotopic (exact) mass is 837 g/mol. The van der Waals surface area contributed by atoms with Gasteiger partial charge in [-0.05, 0) is 76.9 Å². The van der Waals surface area contributed by atoms with E-state index in [1.807, 2.05) is 49.4 Å². The molecule has 5 aromatic rings. The quantitative estimate of drug-likeness (QED) is 0.113. The zero-order valence-electron chi connectivity index (χ0n) is 33.5. The number of imide groups is 1. The summed E-state index contributed by atoms with van der Waals surface area (Å²) in [4.78, 5) is 62.3. The average molecular weight is 838 g/mol. The molecule has 17 heteroatoms. The molecular formula is C42H48ClN11O4S. The molecule has 3 amide bonds. The number of rotatable bonds is 13. The van der Waals surface area contributed by atoms with E-state index in [1.54, 1.807) is 17.5 Å². The molecule has 2 aromatic carbocycles. The fraction of sp³-hybridized carbons (Fsp3) is 0.429. The molecule has 0 spiro atoms. The van der Waals surface area contributed by atoms with Crippen molar-refractivity contribution in [1.29, 1.82) is 0 Å². The van der Waals surface area contributed by atoms with Gasteiger partial charge in [0.1, 0.15) is 22.9 Å². The summed E-state index contributed by atoms with van der Waals surface area (Å²) in [5, 5.41) is 24.9. The van der Waals surface area contributed by atoms with Gasteiger partial charge in [-0.3, -0.25) is 34.1 Å².